The second-order valence-electron chi connectivity index (χ2n) is 4.54. The molecule has 6 nitrogen and oxygen atoms in total. The highest BCUT2D eigenvalue weighted by Crippen LogP contribution is 2.25. The fraction of sp³-hybridized carbons (Fsp3) is 0.583. The van der Waals surface area contributed by atoms with E-state index in [1.807, 2.05) is 6.92 Å². The molecule has 19 heavy (non-hydrogen) atoms. The minimum atomic E-state index is -3.60. The van der Waals surface area contributed by atoms with E-state index in [1.54, 1.807) is 18.3 Å². The Balaban J connectivity index is 2.33. The smallest absolute Gasteiger partial charge is 0.246 e. The number of nitrogens with zero attached hydrogens (tertiary/aromatic N) is 2. The third kappa shape index (κ3) is 3.05. The number of pyridine rings is 1. The average Bonchev–Trinajstić information content (AvgIpc) is 2.39. The molecular formula is C12H19N3O3S. The van der Waals surface area contributed by atoms with Crippen LogP contribution in [-0.2, 0) is 10.0 Å². The van der Waals surface area contributed by atoms with Crippen LogP contribution in [0.4, 0.5) is 5.82 Å². The molecule has 1 aliphatic heterocycles. The van der Waals surface area contributed by atoms with Crippen LogP contribution < -0.4 is 5.32 Å². The van der Waals surface area contributed by atoms with Crippen LogP contribution >= 0.6 is 0 Å². The standard InChI is InChI=1S/C12H19N3O3S/c1-2-13-12-11(6-3-7-14-12)19(17,18)15-8-4-5-10(16)9-15/h3,6-7,10,16H,2,4-5,8-9H2,1H3,(H,13,14). The van der Waals surface area contributed by atoms with Crippen LogP contribution in [-0.4, -0.2) is 48.6 Å². The Labute approximate surface area is 113 Å². The number of piperidine rings is 1. The van der Waals surface area contributed by atoms with Gasteiger partial charge in [-0.25, -0.2) is 13.4 Å². The lowest BCUT2D eigenvalue weighted by atomic mass is 10.1. The Hall–Kier alpha value is -1.18. The molecule has 106 valence electrons. The first-order valence-corrected chi connectivity index (χ1v) is 7.87. The average molecular weight is 285 g/mol. The highest BCUT2D eigenvalue weighted by Gasteiger charge is 2.31. The topological polar surface area (TPSA) is 82.5 Å². The van der Waals surface area contributed by atoms with Crippen LogP contribution in [0.25, 0.3) is 0 Å². The molecule has 0 amide bonds. The number of aliphatic hydroxyl groups is 1. The lowest BCUT2D eigenvalue weighted by Crippen LogP contribution is -2.42. The summed E-state index contributed by atoms with van der Waals surface area (Å²) in [6.07, 6.45) is 2.31. The van der Waals surface area contributed by atoms with Crippen molar-refractivity contribution >= 4 is 15.8 Å². The Bertz CT molecular complexity index is 533. The molecule has 1 aliphatic rings. The Morgan fingerprint density at radius 3 is 3.05 bits per heavy atom. The molecule has 2 heterocycles. The van der Waals surface area contributed by atoms with Crippen LogP contribution in [0.1, 0.15) is 19.8 Å². The number of nitrogens with one attached hydrogen (secondary N) is 1. The van der Waals surface area contributed by atoms with Crippen molar-refractivity contribution in [3.63, 3.8) is 0 Å². The molecule has 0 bridgehead atoms. The van der Waals surface area contributed by atoms with Crippen molar-refractivity contribution in [3.8, 4) is 0 Å². The molecule has 0 radical (unpaired) electrons. The van der Waals surface area contributed by atoms with E-state index in [9.17, 15) is 13.5 Å². The van der Waals surface area contributed by atoms with E-state index >= 15 is 0 Å². The molecule has 1 aromatic heterocycles. The zero-order chi connectivity index (χ0) is 13.9. The van der Waals surface area contributed by atoms with E-state index in [2.05, 4.69) is 10.3 Å². The monoisotopic (exact) mass is 285 g/mol. The van der Waals surface area contributed by atoms with Crippen LogP contribution in [0.3, 0.4) is 0 Å². The summed E-state index contributed by atoms with van der Waals surface area (Å²) in [6.45, 7) is 3.08. The molecule has 0 spiro atoms. The minimum Gasteiger partial charge on any atom is -0.392 e. The number of anilines is 1. The molecule has 1 saturated heterocycles. The van der Waals surface area contributed by atoms with E-state index in [-0.39, 0.29) is 11.4 Å². The summed E-state index contributed by atoms with van der Waals surface area (Å²) < 4.78 is 26.5. The predicted octanol–water partition coefficient (Wildman–Crippen LogP) is 0.659. The quantitative estimate of drug-likeness (QED) is 0.849. The van der Waals surface area contributed by atoms with Gasteiger partial charge < -0.3 is 10.4 Å². The first-order valence-electron chi connectivity index (χ1n) is 6.42. The summed E-state index contributed by atoms with van der Waals surface area (Å²) in [7, 11) is -3.60. The van der Waals surface area contributed by atoms with E-state index in [0.29, 0.717) is 31.7 Å². The van der Waals surface area contributed by atoms with Gasteiger partial charge in [0, 0.05) is 25.8 Å². The number of β-amino-alcohol motifs (C(OH)–C–C–N with tert-alkyl or cyclic N) is 1. The summed E-state index contributed by atoms with van der Waals surface area (Å²) in [5, 5.41) is 12.6. The Kier molecular flexibility index (Phi) is 4.38. The summed E-state index contributed by atoms with van der Waals surface area (Å²) in [5.74, 6) is 0.366. The van der Waals surface area contributed by atoms with Gasteiger partial charge in [-0.15, -0.1) is 0 Å². The van der Waals surface area contributed by atoms with Crippen LogP contribution in [0.2, 0.25) is 0 Å². The van der Waals surface area contributed by atoms with Crippen molar-refractivity contribution in [2.75, 3.05) is 25.0 Å². The maximum atomic E-state index is 12.6. The molecule has 0 aromatic carbocycles. The third-order valence-corrected chi connectivity index (χ3v) is 4.99. The molecule has 2 rings (SSSR count). The second kappa shape index (κ2) is 5.85. The van der Waals surface area contributed by atoms with E-state index in [0.717, 1.165) is 0 Å². The van der Waals surface area contributed by atoms with Crippen molar-refractivity contribution in [1.29, 1.82) is 0 Å². The van der Waals surface area contributed by atoms with Gasteiger partial charge in [-0.05, 0) is 31.9 Å². The van der Waals surface area contributed by atoms with Crippen molar-refractivity contribution < 1.29 is 13.5 Å². The van der Waals surface area contributed by atoms with Gasteiger partial charge in [0.05, 0.1) is 6.10 Å². The zero-order valence-electron chi connectivity index (χ0n) is 10.9. The van der Waals surface area contributed by atoms with Gasteiger partial charge in [0.1, 0.15) is 10.7 Å². The molecule has 0 saturated carbocycles. The molecule has 1 aromatic rings. The molecule has 1 unspecified atom stereocenters. The number of rotatable bonds is 4. The number of hydrogen-bond donors (Lipinski definition) is 2. The fourth-order valence-electron chi connectivity index (χ4n) is 2.18. The number of aliphatic hydroxyl groups excluding tert-OH is 1. The maximum Gasteiger partial charge on any atom is 0.246 e. The second-order valence-corrected chi connectivity index (χ2v) is 6.45. The van der Waals surface area contributed by atoms with Gasteiger partial charge in [-0.3, -0.25) is 0 Å². The van der Waals surface area contributed by atoms with E-state index in [4.69, 9.17) is 0 Å². The number of aromatic nitrogens is 1. The van der Waals surface area contributed by atoms with Gasteiger partial charge in [0.2, 0.25) is 10.0 Å². The number of hydrogen-bond acceptors (Lipinski definition) is 5. The Morgan fingerprint density at radius 1 is 1.58 bits per heavy atom. The molecule has 2 N–H and O–H groups in total. The van der Waals surface area contributed by atoms with Crippen LogP contribution in [0, 0.1) is 0 Å². The van der Waals surface area contributed by atoms with E-state index in [1.165, 1.54) is 4.31 Å². The van der Waals surface area contributed by atoms with Crippen molar-refractivity contribution in [3.05, 3.63) is 18.3 Å². The summed E-state index contributed by atoms with van der Waals surface area (Å²) >= 11 is 0. The first-order chi connectivity index (χ1) is 9.05. The first kappa shape index (κ1) is 14.2. The van der Waals surface area contributed by atoms with Crippen LogP contribution in [0.15, 0.2) is 23.2 Å². The minimum absolute atomic E-state index is 0.156. The molecule has 1 fully saturated rings. The normalized spacial score (nSPS) is 21.3. The molecule has 1 atom stereocenters. The summed E-state index contributed by atoms with van der Waals surface area (Å²) in [5.41, 5.74) is 0. The maximum absolute atomic E-state index is 12.6. The van der Waals surface area contributed by atoms with E-state index < -0.39 is 16.1 Å². The third-order valence-electron chi connectivity index (χ3n) is 3.09. The van der Waals surface area contributed by atoms with Gasteiger partial charge in [-0.2, -0.15) is 4.31 Å². The van der Waals surface area contributed by atoms with Crippen LogP contribution in [0.5, 0.6) is 0 Å². The zero-order valence-corrected chi connectivity index (χ0v) is 11.7. The largest absolute Gasteiger partial charge is 0.392 e. The lowest BCUT2D eigenvalue weighted by molar-refractivity contribution is 0.108. The lowest BCUT2D eigenvalue weighted by Gasteiger charge is -2.29. The van der Waals surface area contributed by atoms with Crippen molar-refractivity contribution in [2.24, 2.45) is 0 Å². The fourth-order valence-corrected chi connectivity index (χ4v) is 3.81. The van der Waals surface area contributed by atoms with Crippen molar-refractivity contribution in [2.45, 2.75) is 30.8 Å². The van der Waals surface area contributed by atoms with Gasteiger partial charge in [-0.1, -0.05) is 0 Å². The highest BCUT2D eigenvalue weighted by atomic mass is 32.2. The summed E-state index contributed by atoms with van der Waals surface area (Å²) in [6, 6.07) is 3.15. The SMILES string of the molecule is CCNc1ncccc1S(=O)(=O)N1CCCC(O)C1. The molecule has 0 aliphatic carbocycles. The predicted molar refractivity (Wildman–Crippen MR) is 72.4 cm³/mol. The summed E-state index contributed by atoms with van der Waals surface area (Å²) in [4.78, 5) is 4.24. The molecule has 7 heteroatoms. The number of sulfonamides is 1. The Morgan fingerprint density at radius 2 is 2.37 bits per heavy atom. The van der Waals surface area contributed by atoms with Gasteiger partial charge in [0.25, 0.3) is 0 Å². The molecular weight excluding hydrogens is 266 g/mol. The van der Waals surface area contributed by atoms with Gasteiger partial charge >= 0.3 is 0 Å². The van der Waals surface area contributed by atoms with Crippen molar-refractivity contribution in [1.82, 2.24) is 9.29 Å². The van der Waals surface area contributed by atoms with Gasteiger partial charge in [0.15, 0.2) is 0 Å². The highest BCUT2D eigenvalue weighted by molar-refractivity contribution is 7.89.